The number of anilines is 2. The monoisotopic (exact) mass is 616 g/mol. The third-order valence-corrected chi connectivity index (χ3v) is 7.55. The summed E-state index contributed by atoms with van der Waals surface area (Å²) in [5.74, 6) is 2.35. The topological polar surface area (TPSA) is 306 Å². The Morgan fingerprint density at radius 3 is 1.89 bits per heavy atom. The summed E-state index contributed by atoms with van der Waals surface area (Å²) in [7, 11) is 0. The van der Waals surface area contributed by atoms with E-state index in [0.29, 0.717) is 11.2 Å². The Bertz CT molecular complexity index is 2000. The first-order valence-corrected chi connectivity index (χ1v) is 12.9. The normalized spacial score (nSPS) is 30.6. The van der Waals surface area contributed by atoms with Crippen molar-refractivity contribution in [1.29, 1.82) is 10.5 Å². The molecule has 2 aliphatic heterocycles. The van der Waals surface area contributed by atoms with Crippen LogP contribution in [0, 0.1) is 59.2 Å². The number of aliphatic hydroxyl groups excluding tert-OH is 4. The number of terminal acetylenes is 2. The summed E-state index contributed by atoms with van der Waals surface area (Å²) >= 11 is 0. The Morgan fingerprint density at radius 1 is 0.889 bits per heavy atom. The summed E-state index contributed by atoms with van der Waals surface area (Å²) in [4.78, 5) is 34.0. The molecule has 0 aliphatic carbocycles. The maximum absolute atomic E-state index is 11.8. The molecule has 2 fully saturated rings. The number of aromatic amines is 1. The second kappa shape index (κ2) is 11.5. The molecule has 8 atom stereocenters. The molecule has 4 aromatic heterocycles. The number of ether oxygens (including phenoxy) is 2. The van der Waals surface area contributed by atoms with E-state index in [4.69, 9.17) is 33.8 Å². The smallest absolute Gasteiger partial charge is 0.280 e. The highest BCUT2D eigenvalue weighted by molar-refractivity contribution is 5.81. The van der Waals surface area contributed by atoms with Gasteiger partial charge < -0.3 is 41.4 Å². The van der Waals surface area contributed by atoms with Gasteiger partial charge in [-0.25, -0.2) is 19.9 Å². The first-order chi connectivity index (χ1) is 21.5. The molecule has 0 spiro atoms. The van der Waals surface area contributed by atoms with E-state index in [1.165, 1.54) is 28.1 Å². The number of aromatic nitrogens is 8. The molecule has 0 saturated carbocycles. The zero-order valence-corrected chi connectivity index (χ0v) is 23.0. The third kappa shape index (κ3) is 4.66. The van der Waals surface area contributed by atoms with Crippen LogP contribution in [-0.2, 0) is 9.47 Å². The Balaban J connectivity index is 0.000000178. The first kappa shape index (κ1) is 30.8. The summed E-state index contributed by atoms with van der Waals surface area (Å²) in [6.45, 7) is -1.30. The van der Waals surface area contributed by atoms with E-state index in [1.54, 1.807) is 0 Å². The van der Waals surface area contributed by atoms with Crippen molar-refractivity contribution in [3.8, 4) is 36.8 Å². The van der Waals surface area contributed by atoms with Crippen LogP contribution in [0.3, 0.4) is 0 Å². The average Bonchev–Trinajstić information content (AvgIpc) is 3.79. The molecule has 6 heterocycles. The Labute approximate surface area is 252 Å². The molecule has 4 aromatic rings. The number of nitrogens with zero attached hydrogens (tertiary/aromatic N) is 9. The molecule has 2 saturated heterocycles. The minimum Gasteiger partial charge on any atom is -0.392 e. The number of aliphatic hydroxyl groups is 4. The molecule has 2 aliphatic rings. The number of nitrogen functional groups attached to an aromatic ring is 2. The fraction of sp³-hybridized carbons (Fsp3) is 0.385. The second-order valence-electron chi connectivity index (χ2n) is 9.96. The molecule has 0 radical (unpaired) electrons. The van der Waals surface area contributed by atoms with E-state index >= 15 is 0 Å². The van der Waals surface area contributed by atoms with Crippen LogP contribution in [0.25, 0.3) is 22.3 Å². The molecule has 0 amide bonds. The summed E-state index contributed by atoms with van der Waals surface area (Å²) in [5.41, 5.74) is 8.06. The van der Waals surface area contributed by atoms with Gasteiger partial charge in [0, 0.05) is 0 Å². The standard InChI is InChI=1S/C13H12N6O4.C13H12N6O3/c1-2-13(4-20)8(21)6(3-14)11(23-13)19-5-16-7-9(19)17-12(15)18-10(7)22;1-2-13(4-20)9(21)7(3-14)12(22-13)19-6-18-8-10(15)16-5-17-11(8)19/h1,5-6,8,11,20-21H,4H2,(H3,15,17,18,22);1,5-7,9,12,20-21H,4H2,(H2,15,16,17)/t6-,8-,11+,13+;7-,9-,12+,13+/m00/s1. The van der Waals surface area contributed by atoms with Crippen molar-refractivity contribution in [1.82, 2.24) is 39.0 Å². The van der Waals surface area contributed by atoms with Gasteiger partial charge in [0.1, 0.15) is 35.9 Å². The summed E-state index contributed by atoms with van der Waals surface area (Å²) in [6, 6.07) is 3.84. The zero-order valence-electron chi connectivity index (χ0n) is 23.0. The predicted octanol–water partition coefficient (Wildman–Crippen LogP) is -3.10. The number of hydrogen-bond acceptors (Lipinski definition) is 16. The number of nitriles is 2. The quantitative estimate of drug-likeness (QED) is 0.112. The van der Waals surface area contributed by atoms with Gasteiger partial charge in [-0.3, -0.25) is 18.9 Å². The SMILES string of the molecule is C#C[C@]1(CO)O[C@@H](n2cnc3c(=O)[nH]c(N)nc32)[C@@H](C#N)[C@@H]1O.C#C[C@]1(CO)O[C@@H](n2cnc3c(N)ncnc32)[C@@H](C#N)[C@@H]1O. The molecule has 0 bridgehead atoms. The number of nitrogens with one attached hydrogen (secondary N) is 1. The van der Waals surface area contributed by atoms with Gasteiger partial charge in [-0.2, -0.15) is 15.5 Å². The molecule has 9 N–H and O–H groups in total. The highest BCUT2D eigenvalue weighted by Crippen LogP contribution is 2.43. The second-order valence-corrected chi connectivity index (χ2v) is 9.96. The van der Waals surface area contributed by atoms with Gasteiger partial charge in [-0.15, -0.1) is 12.8 Å². The van der Waals surface area contributed by atoms with E-state index in [1.807, 2.05) is 12.1 Å². The van der Waals surface area contributed by atoms with E-state index in [0.717, 1.165) is 0 Å². The van der Waals surface area contributed by atoms with Crippen molar-refractivity contribution in [2.75, 3.05) is 24.7 Å². The summed E-state index contributed by atoms with van der Waals surface area (Å²) in [6.07, 6.45) is 9.75. The van der Waals surface area contributed by atoms with Crippen LogP contribution in [0.15, 0.2) is 23.8 Å². The van der Waals surface area contributed by atoms with Gasteiger partial charge in [0.15, 0.2) is 46.3 Å². The fourth-order valence-corrected chi connectivity index (χ4v) is 5.11. The van der Waals surface area contributed by atoms with Crippen LogP contribution in [0.5, 0.6) is 0 Å². The largest absolute Gasteiger partial charge is 0.392 e. The summed E-state index contributed by atoms with van der Waals surface area (Å²) in [5, 5.41) is 58.1. The number of imidazole rings is 2. The van der Waals surface area contributed by atoms with Crippen molar-refractivity contribution < 1.29 is 29.9 Å². The molecule has 230 valence electrons. The maximum Gasteiger partial charge on any atom is 0.280 e. The van der Waals surface area contributed by atoms with Crippen molar-refractivity contribution in [3.05, 3.63) is 29.3 Å². The first-order valence-electron chi connectivity index (χ1n) is 12.9. The average molecular weight is 617 g/mol. The lowest BCUT2D eigenvalue weighted by atomic mass is 9.91. The molecular formula is C26H24N12O7. The van der Waals surface area contributed by atoms with Gasteiger partial charge in [-0.1, -0.05) is 11.8 Å². The van der Waals surface area contributed by atoms with Crippen LogP contribution >= 0.6 is 0 Å². The summed E-state index contributed by atoms with van der Waals surface area (Å²) < 4.78 is 13.9. The van der Waals surface area contributed by atoms with E-state index in [2.05, 4.69) is 41.7 Å². The van der Waals surface area contributed by atoms with Gasteiger partial charge in [0.2, 0.25) is 5.95 Å². The van der Waals surface area contributed by atoms with E-state index in [9.17, 15) is 35.7 Å². The Hall–Kier alpha value is -5.64. The molecule has 6 rings (SSSR count). The highest BCUT2D eigenvalue weighted by Gasteiger charge is 2.56. The molecule has 19 heteroatoms. The van der Waals surface area contributed by atoms with Crippen molar-refractivity contribution in [3.63, 3.8) is 0 Å². The molecule has 19 nitrogen and oxygen atoms in total. The van der Waals surface area contributed by atoms with Crippen molar-refractivity contribution in [2.24, 2.45) is 11.8 Å². The minimum atomic E-state index is -1.73. The molecule has 0 unspecified atom stereocenters. The van der Waals surface area contributed by atoms with Crippen molar-refractivity contribution in [2.45, 2.75) is 35.9 Å². The fourth-order valence-electron chi connectivity index (χ4n) is 5.11. The van der Waals surface area contributed by atoms with Crippen LogP contribution in [0.1, 0.15) is 12.5 Å². The van der Waals surface area contributed by atoms with Gasteiger partial charge in [-0.05, 0) is 0 Å². The predicted molar refractivity (Wildman–Crippen MR) is 150 cm³/mol. The lowest BCUT2D eigenvalue weighted by Crippen LogP contribution is -2.43. The number of nitrogens with two attached hydrogens (primary N) is 2. The third-order valence-electron chi connectivity index (χ3n) is 7.55. The number of hydrogen-bond donors (Lipinski definition) is 7. The van der Waals surface area contributed by atoms with Crippen LogP contribution in [-0.4, -0.2) is 96.1 Å². The van der Waals surface area contributed by atoms with E-state index in [-0.39, 0.29) is 22.9 Å². The lowest BCUT2D eigenvalue weighted by Gasteiger charge is -2.23. The molecule has 0 aromatic carbocycles. The van der Waals surface area contributed by atoms with E-state index < -0.39 is 66.5 Å². The maximum atomic E-state index is 11.8. The lowest BCUT2D eigenvalue weighted by molar-refractivity contribution is -0.0895. The number of H-pyrrole nitrogens is 1. The highest BCUT2D eigenvalue weighted by atomic mass is 16.6. The number of rotatable bonds is 4. The van der Waals surface area contributed by atoms with Gasteiger partial charge in [0.05, 0.1) is 38.0 Å². The van der Waals surface area contributed by atoms with Crippen LogP contribution in [0.4, 0.5) is 11.8 Å². The molecular weight excluding hydrogens is 592 g/mol. The van der Waals surface area contributed by atoms with Crippen molar-refractivity contribution >= 4 is 34.1 Å². The van der Waals surface area contributed by atoms with Crippen LogP contribution < -0.4 is 17.0 Å². The Morgan fingerprint density at radius 2 is 1.40 bits per heavy atom. The van der Waals surface area contributed by atoms with Gasteiger partial charge in [0.25, 0.3) is 5.56 Å². The molecule has 45 heavy (non-hydrogen) atoms. The zero-order chi connectivity index (χ0) is 32.7. The van der Waals surface area contributed by atoms with Crippen LogP contribution in [0.2, 0.25) is 0 Å². The Kier molecular flexibility index (Phi) is 7.84. The van der Waals surface area contributed by atoms with Gasteiger partial charge >= 0.3 is 0 Å². The number of fused-ring (bicyclic) bond motifs is 2. The minimum absolute atomic E-state index is 0.00353.